The number of alkyl halides is 3. The Labute approximate surface area is 165 Å². The molecule has 6 nitrogen and oxygen atoms in total. The van der Waals surface area contributed by atoms with Crippen LogP contribution in [0.3, 0.4) is 0 Å². The minimum Gasteiger partial charge on any atom is -0.354 e. The zero-order valence-corrected chi connectivity index (χ0v) is 16.2. The number of halogens is 5. The van der Waals surface area contributed by atoms with E-state index in [1.54, 1.807) is 12.1 Å². The zero-order chi connectivity index (χ0) is 20.0. The first kappa shape index (κ1) is 21.3. The van der Waals surface area contributed by atoms with Crippen LogP contribution in [0, 0.1) is 0 Å². The normalized spacial score (nSPS) is 11.6. The van der Waals surface area contributed by atoms with Crippen LogP contribution in [0.1, 0.15) is 12.1 Å². The summed E-state index contributed by atoms with van der Waals surface area (Å²) in [5.41, 5.74) is 4.70. The van der Waals surface area contributed by atoms with Crippen molar-refractivity contribution in [3.8, 4) is 0 Å². The van der Waals surface area contributed by atoms with Gasteiger partial charge in [0.05, 0.1) is 10.7 Å². The molecule has 0 spiro atoms. The Morgan fingerprint density at radius 3 is 2.44 bits per heavy atom. The molecule has 2 rings (SSSR count). The smallest absolute Gasteiger partial charge is 0.354 e. The van der Waals surface area contributed by atoms with Crippen molar-refractivity contribution >= 4 is 40.7 Å². The summed E-state index contributed by atoms with van der Waals surface area (Å²) in [6, 6.07) is 5.49. The highest BCUT2D eigenvalue weighted by Gasteiger charge is 2.33. The molecule has 0 fully saturated rings. The van der Waals surface area contributed by atoms with Crippen LogP contribution in [0.15, 0.2) is 24.3 Å². The van der Waals surface area contributed by atoms with Crippen molar-refractivity contribution in [3.05, 3.63) is 40.0 Å². The van der Waals surface area contributed by atoms with E-state index in [1.807, 2.05) is 19.0 Å². The van der Waals surface area contributed by atoms with Crippen LogP contribution in [-0.2, 0) is 6.18 Å². The second-order valence-electron chi connectivity index (χ2n) is 5.92. The van der Waals surface area contributed by atoms with Crippen molar-refractivity contribution < 1.29 is 13.2 Å². The maximum atomic E-state index is 13.1. The van der Waals surface area contributed by atoms with E-state index in [1.165, 1.54) is 6.07 Å². The van der Waals surface area contributed by atoms with Crippen LogP contribution in [0.5, 0.6) is 0 Å². The second kappa shape index (κ2) is 9.29. The van der Waals surface area contributed by atoms with Gasteiger partial charge in [-0.25, -0.2) is 4.98 Å². The first-order valence-corrected chi connectivity index (χ1v) is 8.72. The number of hydrogen-bond donors (Lipinski definition) is 3. The third-order valence-electron chi connectivity index (χ3n) is 3.34. The van der Waals surface area contributed by atoms with E-state index in [9.17, 15) is 13.2 Å². The maximum Gasteiger partial charge on any atom is 0.433 e. The third kappa shape index (κ3) is 6.93. The van der Waals surface area contributed by atoms with Gasteiger partial charge in [0.15, 0.2) is 11.5 Å². The Morgan fingerprint density at radius 1 is 1.07 bits per heavy atom. The van der Waals surface area contributed by atoms with E-state index < -0.39 is 11.9 Å². The molecule has 3 N–H and O–H groups in total. The molecule has 0 unspecified atom stereocenters. The summed E-state index contributed by atoms with van der Waals surface area (Å²) in [6.07, 6.45) is -3.87. The van der Waals surface area contributed by atoms with Gasteiger partial charge in [-0.15, -0.1) is 0 Å². The number of hydrogen-bond acceptors (Lipinski definition) is 6. The fourth-order valence-electron chi connectivity index (χ4n) is 2.05. The van der Waals surface area contributed by atoms with Crippen LogP contribution in [0.25, 0.3) is 0 Å². The molecule has 1 aromatic heterocycles. The number of nitrogens with one attached hydrogen (secondary N) is 3. The average molecular weight is 423 g/mol. The highest BCUT2D eigenvalue weighted by atomic mass is 35.5. The van der Waals surface area contributed by atoms with Crippen LogP contribution >= 0.6 is 23.2 Å². The summed E-state index contributed by atoms with van der Waals surface area (Å²) in [4.78, 5) is 9.55. The van der Waals surface area contributed by atoms with Gasteiger partial charge in [0.25, 0.3) is 0 Å². The average Bonchev–Trinajstić information content (AvgIpc) is 2.57. The fraction of sp³-hybridized carbons (Fsp3) is 0.375. The van der Waals surface area contributed by atoms with E-state index in [4.69, 9.17) is 23.2 Å². The summed E-state index contributed by atoms with van der Waals surface area (Å²) >= 11 is 11.8. The minimum atomic E-state index is -4.60. The lowest BCUT2D eigenvalue weighted by Crippen LogP contribution is -2.19. The predicted octanol–water partition coefficient (Wildman–Crippen LogP) is 4.60. The molecule has 148 valence electrons. The third-order valence-corrected chi connectivity index (χ3v) is 3.89. The van der Waals surface area contributed by atoms with Crippen LogP contribution in [0.2, 0.25) is 10.0 Å². The summed E-state index contributed by atoms with van der Waals surface area (Å²) in [7, 11) is 3.83. The zero-order valence-electron chi connectivity index (χ0n) is 14.7. The molecule has 0 amide bonds. The molecule has 0 bridgehead atoms. The molecule has 0 atom stereocenters. The molecule has 1 heterocycles. The van der Waals surface area contributed by atoms with Gasteiger partial charge >= 0.3 is 6.18 Å². The van der Waals surface area contributed by atoms with Crippen molar-refractivity contribution in [1.82, 2.24) is 14.9 Å². The summed E-state index contributed by atoms with van der Waals surface area (Å²) in [6.45, 7) is 1.23. The largest absolute Gasteiger partial charge is 0.433 e. The predicted molar refractivity (Wildman–Crippen MR) is 102 cm³/mol. The number of rotatable bonds is 8. The molecule has 11 heteroatoms. The van der Waals surface area contributed by atoms with E-state index in [2.05, 4.69) is 26.1 Å². The van der Waals surface area contributed by atoms with Gasteiger partial charge in [-0.3, -0.25) is 10.9 Å². The molecule has 2 aromatic rings. The van der Waals surface area contributed by atoms with E-state index in [-0.39, 0.29) is 11.8 Å². The van der Waals surface area contributed by atoms with Crippen LogP contribution in [-0.4, -0.2) is 42.1 Å². The van der Waals surface area contributed by atoms with Crippen molar-refractivity contribution in [2.75, 3.05) is 43.4 Å². The Hall–Kier alpha value is -1.97. The van der Waals surface area contributed by atoms with Gasteiger partial charge in [0.2, 0.25) is 5.95 Å². The van der Waals surface area contributed by atoms with Crippen LogP contribution < -0.4 is 16.2 Å². The maximum absolute atomic E-state index is 13.1. The second-order valence-corrected chi connectivity index (χ2v) is 6.76. The molecule has 0 saturated heterocycles. The van der Waals surface area contributed by atoms with Gasteiger partial charge in [-0.2, -0.15) is 18.2 Å². The van der Waals surface area contributed by atoms with E-state index in [0.717, 1.165) is 19.0 Å². The molecular formula is C16H19Cl2F3N6. The first-order valence-electron chi connectivity index (χ1n) is 7.97. The first-order chi connectivity index (χ1) is 12.6. The number of hydrazine groups is 1. The molecular weight excluding hydrogens is 404 g/mol. The fourth-order valence-corrected chi connectivity index (χ4v) is 2.51. The molecule has 27 heavy (non-hydrogen) atoms. The lowest BCUT2D eigenvalue weighted by molar-refractivity contribution is -0.141. The van der Waals surface area contributed by atoms with Gasteiger partial charge in [0.1, 0.15) is 0 Å². The Bertz CT molecular complexity index is 770. The van der Waals surface area contributed by atoms with Gasteiger partial charge in [-0.05, 0) is 45.3 Å². The quantitative estimate of drug-likeness (QED) is 0.426. The minimum absolute atomic E-state index is 0.0570. The highest BCUT2D eigenvalue weighted by molar-refractivity contribution is 6.36. The van der Waals surface area contributed by atoms with Gasteiger partial charge in [-0.1, -0.05) is 23.2 Å². The summed E-state index contributed by atoms with van der Waals surface area (Å²) in [5, 5.41) is 3.56. The molecule has 0 saturated carbocycles. The van der Waals surface area contributed by atoms with Crippen LogP contribution in [0.4, 0.5) is 30.6 Å². The number of aromatic nitrogens is 2. The van der Waals surface area contributed by atoms with Crippen molar-refractivity contribution in [2.24, 2.45) is 0 Å². The SMILES string of the molecule is CN(C)CCCNc1nc(NNc2ccc(Cl)cc2Cl)cc(C(F)(F)F)n1. The number of anilines is 3. The summed E-state index contributed by atoms with van der Waals surface area (Å²) < 4.78 is 39.3. The van der Waals surface area contributed by atoms with Crippen molar-refractivity contribution in [2.45, 2.75) is 12.6 Å². The molecule has 1 aromatic carbocycles. The lowest BCUT2D eigenvalue weighted by atomic mass is 10.3. The Kier molecular flexibility index (Phi) is 7.34. The number of nitrogens with zero attached hydrogens (tertiary/aromatic N) is 3. The molecule has 0 radical (unpaired) electrons. The molecule has 0 aliphatic heterocycles. The highest BCUT2D eigenvalue weighted by Crippen LogP contribution is 2.30. The van der Waals surface area contributed by atoms with Crippen molar-refractivity contribution in [1.29, 1.82) is 0 Å². The Morgan fingerprint density at radius 2 is 1.81 bits per heavy atom. The van der Waals surface area contributed by atoms with Crippen molar-refractivity contribution in [3.63, 3.8) is 0 Å². The monoisotopic (exact) mass is 422 g/mol. The standard InChI is InChI=1S/C16H19Cl2F3N6/c1-27(2)7-3-6-22-15-23-13(16(19,20)21)9-14(24-15)26-25-12-5-4-10(17)8-11(12)18/h4-5,8-9,25H,3,6-7H2,1-2H3,(H2,22,23,24,26). The number of benzene rings is 1. The lowest BCUT2D eigenvalue weighted by Gasteiger charge is -2.15. The molecule has 0 aliphatic rings. The van der Waals surface area contributed by atoms with E-state index >= 15 is 0 Å². The van der Waals surface area contributed by atoms with E-state index in [0.29, 0.717) is 22.3 Å². The Balaban J connectivity index is 2.12. The topological polar surface area (TPSA) is 65.1 Å². The summed E-state index contributed by atoms with van der Waals surface area (Å²) in [5.74, 6) is -0.173. The van der Waals surface area contributed by atoms with Gasteiger partial charge in [0, 0.05) is 17.6 Å². The van der Waals surface area contributed by atoms with Gasteiger partial charge < -0.3 is 10.2 Å². The molecule has 0 aliphatic carbocycles.